The summed E-state index contributed by atoms with van der Waals surface area (Å²) in [6, 6.07) is 0. The van der Waals surface area contributed by atoms with Crippen molar-refractivity contribution >= 4 is 23.9 Å². The first kappa shape index (κ1) is 54.4. The summed E-state index contributed by atoms with van der Waals surface area (Å²) in [6.07, 6.45) is 13.9. The number of carbonyl (C=O) groups is 4. The molecule has 0 aliphatic rings. The van der Waals surface area contributed by atoms with E-state index in [1.807, 2.05) is 55.4 Å². The second kappa shape index (κ2) is 40.9. The minimum atomic E-state index is -0.885. The van der Waals surface area contributed by atoms with Gasteiger partial charge in [-0.05, 0) is 63.2 Å². The molecule has 0 aromatic carbocycles. The van der Waals surface area contributed by atoms with E-state index in [9.17, 15) is 29.4 Å². The Morgan fingerprint density at radius 2 is 0.548 bits per heavy atom. The van der Waals surface area contributed by atoms with E-state index >= 15 is 0 Å². The maximum atomic E-state index is 10.5. The van der Waals surface area contributed by atoms with Gasteiger partial charge in [-0.2, -0.15) is 0 Å². The molecule has 0 bridgehead atoms. The Balaban J connectivity index is -0.000000101. The van der Waals surface area contributed by atoms with Crippen molar-refractivity contribution in [3.05, 3.63) is 0 Å². The number of carbonyl (C=O) groups excluding carboxylic acids is 2. The van der Waals surface area contributed by atoms with Crippen LogP contribution in [-0.2, 0) is 19.2 Å². The van der Waals surface area contributed by atoms with Crippen LogP contribution in [-0.4, -0.2) is 34.1 Å². The van der Waals surface area contributed by atoms with Crippen molar-refractivity contribution < 1.29 is 98.7 Å². The zero-order valence-corrected chi connectivity index (χ0v) is 33.0. The van der Waals surface area contributed by atoms with E-state index in [1.54, 1.807) is 0 Å². The average molecular weight is 621 g/mol. The van der Waals surface area contributed by atoms with Crippen molar-refractivity contribution in [2.24, 2.45) is 23.7 Å². The fourth-order valence-electron chi connectivity index (χ4n) is 4.33. The minimum absolute atomic E-state index is 0. The maximum Gasteiger partial charge on any atom is 1.00 e. The molecule has 42 heavy (non-hydrogen) atoms. The third kappa shape index (κ3) is 37.9. The second-order valence-electron chi connectivity index (χ2n) is 10.4. The molecule has 0 heterocycles. The van der Waals surface area contributed by atoms with Gasteiger partial charge in [0.05, 0.1) is 11.8 Å². The molecule has 0 amide bonds. The molecular formula is C32H62Na2O8. The molecule has 0 unspecified atom stereocenters. The van der Waals surface area contributed by atoms with Crippen LogP contribution in [0.5, 0.6) is 0 Å². The van der Waals surface area contributed by atoms with Crippen molar-refractivity contribution in [1.82, 2.24) is 0 Å². The minimum Gasteiger partial charge on any atom is -0.550 e. The molecule has 8 nitrogen and oxygen atoms in total. The van der Waals surface area contributed by atoms with Gasteiger partial charge in [0.15, 0.2) is 0 Å². The molecule has 0 spiro atoms. The van der Waals surface area contributed by atoms with Crippen LogP contribution in [0.4, 0.5) is 0 Å². The van der Waals surface area contributed by atoms with Crippen LogP contribution in [0, 0.1) is 23.7 Å². The predicted molar refractivity (Wildman–Crippen MR) is 159 cm³/mol. The van der Waals surface area contributed by atoms with Gasteiger partial charge in [0.2, 0.25) is 0 Å². The Labute approximate surface area is 302 Å². The standard InChI is InChI=1S/4C8H16O2.2Na/c4*1-3-5-7(6-4-2)8(9)10;;/h4*7H,3-6H2,1-2H3,(H,9,10);;/q;;;;2*+1/p-2. The topological polar surface area (TPSA) is 155 Å². The largest absolute Gasteiger partial charge is 1.00 e. The first-order chi connectivity index (χ1) is 18.9. The van der Waals surface area contributed by atoms with Crippen molar-refractivity contribution in [3.63, 3.8) is 0 Å². The summed E-state index contributed by atoms with van der Waals surface area (Å²) in [5.41, 5.74) is 0. The molecule has 240 valence electrons. The Hall–Kier alpha value is -0.120. The van der Waals surface area contributed by atoms with Gasteiger partial charge >= 0.3 is 71.1 Å². The fourth-order valence-corrected chi connectivity index (χ4v) is 4.33. The summed E-state index contributed by atoms with van der Waals surface area (Å²) < 4.78 is 0. The van der Waals surface area contributed by atoms with Crippen molar-refractivity contribution in [2.75, 3.05) is 0 Å². The molecule has 0 fully saturated rings. The summed E-state index contributed by atoms with van der Waals surface area (Å²) in [5.74, 6) is -3.67. The number of hydrogen-bond donors (Lipinski definition) is 2. The smallest absolute Gasteiger partial charge is 0.550 e. The van der Waals surface area contributed by atoms with Gasteiger partial charge < -0.3 is 30.0 Å². The Morgan fingerprint density at radius 3 is 0.643 bits per heavy atom. The molecule has 0 aliphatic heterocycles. The van der Waals surface area contributed by atoms with Crippen molar-refractivity contribution in [3.8, 4) is 0 Å². The fraction of sp³-hybridized carbons (Fsp3) is 0.875. The maximum absolute atomic E-state index is 10.5. The molecule has 0 aliphatic carbocycles. The first-order valence-corrected chi connectivity index (χ1v) is 15.7. The van der Waals surface area contributed by atoms with Crippen LogP contribution in [0.15, 0.2) is 0 Å². The molecule has 0 aromatic rings. The number of carboxylic acids is 4. The summed E-state index contributed by atoms with van der Waals surface area (Å²) in [6.45, 7) is 16.0. The van der Waals surface area contributed by atoms with Gasteiger partial charge in [0.25, 0.3) is 0 Å². The third-order valence-corrected chi connectivity index (χ3v) is 6.46. The van der Waals surface area contributed by atoms with Gasteiger partial charge in [-0.3, -0.25) is 9.59 Å². The summed E-state index contributed by atoms with van der Waals surface area (Å²) in [5, 5.41) is 38.0. The Kier molecular flexibility index (Phi) is 52.9. The van der Waals surface area contributed by atoms with E-state index in [-0.39, 0.29) is 82.8 Å². The van der Waals surface area contributed by atoms with Crippen molar-refractivity contribution in [2.45, 2.75) is 158 Å². The normalized spacial score (nSPS) is 9.81. The van der Waals surface area contributed by atoms with Gasteiger partial charge in [-0.1, -0.05) is 107 Å². The zero-order valence-electron chi connectivity index (χ0n) is 29.0. The van der Waals surface area contributed by atoms with E-state index in [1.165, 1.54) is 0 Å². The molecule has 0 radical (unpaired) electrons. The monoisotopic (exact) mass is 620 g/mol. The van der Waals surface area contributed by atoms with E-state index in [0.717, 1.165) is 103 Å². The van der Waals surface area contributed by atoms with Crippen LogP contribution in [0.2, 0.25) is 0 Å². The van der Waals surface area contributed by atoms with Gasteiger partial charge in [-0.25, -0.2) is 0 Å². The molecule has 2 N–H and O–H groups in total. The predicted octanol–water partition coefficient (Wildman–Crippen LogP) is 0.488. The zero-order chi connectivity index (χ0) is 31.9. The summed E-state index contributed by atoms with van der Waals surface area (Å²) in [7, 11) is 0. The number of aliphatic carboxylic acids is 4. The SMILES string of the molecule is CCCC(CCC)C(=O)O.CCCC(CCC)C(=O)O.CCCC(CCC)C(=O)[O-].CCCC(CCC)C(=O)[O-].[Na+].[Na+]. The summed E-state index contributed by atoms with van der Waals surface area (Å²) in [4.78, 5) is 41.7. The Bertz CT molecular complexity index is 489. The van der Waals surface area contributed by atoms with E-state index in [0.29, 0.717) is 0 Å². The number of hydrogen-bond acceptors (Lipinski definition) is 6. The van der Waals surface area contributed by atoms with Crippen LogP contribution >= 0.6 is 0 Å². The molecule has 0 rings (SSSR count). The van der Waals surface area contributed by atoms with Crippen LogP contribution in [0.25, 0.3) is 0 Å². The molecule has 0 saturated heterocycles. The van der Waals surface area contributed by atoms with Crippen LogP contribution in [0.3, 0.4) is 0 Å². The Morgan fingerprint density at radius 1 is 0.405 bits per heavy atom. The number of carboxylic acid groups (broad SMARTS) is 4. The molecule has 0 saturated carbocycles. The third-order valence-electron chi connectivity index (χ3n) is 6.46. The van der Waals surface area contributed by atoms with Gasteiger partial charge in [-0.15, -0.1) is 0 Å². The molecule has 0 aromatic heterocycles. The second-order valence-corrected chi connectivity index (χ2v) is 10.4. The van der Waals surface area contributed by atoms with Crippen LogP contribution < -0.4 is 69.3 Å². The molecule has 10 heteroatoms. The van der Waals surface area contributed by atoms with E-state index in [2.05, 4.69) is 0 Å². The van der Waals surface area contributed by atoms with E-state index < -0.39 is 23.9 Å². The average Bonchev–Trinajstić information content (AvgIpc) is 2.89. The van der Waals surface area contributed by atoms with Gasteiger partial charge in [0, 0.05) is 11.9 Å². The molecular weight excluding hydrogens is 558 g/mol. The van der Waals surface area contributed by atoms with Crippen LogP contribution in [0.1, 0.15) is 158 Å². The molecule has 0 atom stereocenters. The van der Waals surface area contributed by atoms with E-state index in [4.69, 9.17) is 10.2 Å². The van der Waals surface area contributed by atoms with Gasteiger partial charge in [0.1, 0.15) is 0 Å². The summed E-state index contributed by atoms with van der Waals surface area (Å²) >= 11 is 0. The number of rotatable bonds is 20. The quantitative estimate of drug-likeness (QED) is 0.186. The first-order valence-electron chi connectivity index (χ1n) is 15.7. The van der Waals surface area contributed by atoms with Crippen molar-refractivity contribution in [1.29, 1.82) is 0 Å².